The van der Waals surface area contributed by atoms with Gasteiger partial charge in [-0.25, -0.2) is 0 Å². The van der Waals surface area contributed by atoms with Gasteiger partial charge in [0, 0.05) is 16.3 Å². The molecule has 1 rings (SSSR count). The van der Waals surface area contributed by atoms with Crippen molar-refractivity contribution in [3.8, 4) is 0 Å². The Bertz CT molecular complexity index is 322. The lowest BCUT2D eigenvalue weighted by Gasteiger charge is -2.13. The van der Waals surface area contributed by atoms with E-state index >= 15 is 0 Å². The molecule has 3 nitrogen and oxygen atoms in total. The molecule has 1 aromatic heterocycles. The summed E-state index contributed by atoms with van der Waals surface area (Å²) in [5.74, 6) is -0.189. The molecule has 0 unspecified atom stereocenters. The van der Waals surface area contributed by atoms with Gasteiger partial charge in [0.2, 0.25) is 0 Å². The van der Waals surface area contributed by atoms with Crippen molar-refractivity contribution in [3.05, 3.63) is 21.9 Å². The summed E-state index contributed by atoms with van der Waals surface area (Å²) >= 11 is 1.74. The summed E-state index contributed by atoms with van der Waals surface area (Å²) in [7, 11) is 1.42. The van der Waals surface area contributed by atoms with Crippen LogP contribution < -0.4 is 5.32 Å². The number of rotatable bonds is 5. The quantitative estimate of drug-likeness (QED) is 0.783. The van der Waals surface area contributed by atoms with Gasteiger partial charge in [0.05, 0.1) is 7.11 Å². The molecule has 0 saturated carbocycles. The molecule has 0 aromatic carbocycles. The average Bonchev–Trinajstić information content (AvgIpc) is 2.64. The molecular weight excluding hydrogens is 210 g/mol. The molecular formula is C11H17NO2S. The van der Waals surface area contributed by atoms with E-state index in [0.29, 0.717) is 0 Å². The third-order valence-corrected chi connectivity index (χ3v) is 3.21. The number of methoxy groups -OCH3 is 1. The lowest BCUT2D eigenvalue weighted by Crippen LogP contribution is -2.36. The number of carbonyl (C=O) groups excluding carboxylic acids is 1. The van der Waals surface area contributed by atoms with Crippen LogP contribution in [0, 0.1) is 6.92 Å². The second-order valence-corrected chi connectivity index (χ2v) is 4.75. The third-order valence-electron chi connectivity index (χ3n) is 2.21. The number of carbonyl (C=O) groups is 1. The second-order valence-electron chi connectivity index (χ2n) is 3.38. The Balaban J connectivity index is 2.44. The molecule has 0 radical (unpaired) electrons. The van der Waals surface area contributed by atoms with Crippen LogP contribution in [0.4, 0.5) is 0 Å². The Kier molecular flexibility index (Phi) is 4.78. The topological polar surface area (TPSA) is 38.3 Å². The van der Waals surface area contributed by atoms with Crippen molar-refractivity contribution in [2.75, 3.05) is 7.11 Å². The van der Waals surface area contributed by atoms with Gasteiger partial charge in [-0.3, -0.25) is 10.1 Å². The van der Waals surface area contributed by atoms with Gasteiger partial charge in [-0.15, -0.1) is 11.3 Å². The minimum Gasteiger partial charge on any atom is -0.468 e. The Morgan fingerprint density at radius 2 is 2.33 bits per heavy atom. The van der Waals surface area contributed by atoms with Crippen LogP contribution in [0.2, 0.25) is 0 Å². The van der Waals surface area contributed by atoms with E-state index in [4.69, 9.17) is 4.74 Å². The molecule has 0 bridgehead atoms. The maximum atomic E-state index is 11.3. The highest BCUT2D eigenvalue weighted by Gasteiger charge is 2.15. The summed E-state index contributed by atoms with van der Waals surface area (Å²) in [5, 5.41) is 3.19. The van der Waals surface area contributed by atoms with Gasteiger partial charge in [-0.2, -0.15) is 0 Å². The first kappa shape index (κ1) is 12.2. The van der Waals surface area contributed by atoms with Gasteiger partial charge in [0.25, 0.3) is 0 Å². The zero-order valence-electron chi connectivity index (χ0n) is 9.37. The first-order valence-corrected chi connectivity index (χ1v) is 5.85. The first-order chi connectivity index (χ1) is 7.17. The van der Waals surface area contributed by atoms with Crippen molar-refractivity contribution >= 4 is 17.3 Å². The zero-order valence-corrected chi connectivity index (χ0v) is 10.2. The first-order valence-electron chi connectivity index (χ1n) is 5.04. The molecule has 1 aromatic rings. The molecule has 1 N–H and O–H groups in total. The Hall–Kier alpha value is -0.870. The van der Waals surface area contributed by atoms with Crippen LogP contribution in [0.3, 0.4) is 0 Å². The number of nitrogens with one attached hydrogen (secondary N) is 1. The summed E-state index contributed by atoms with van der Waals surface area (Å²) in [5.41, 5.74) is 0. The average molecular weight is 227 g/mol. The minimum atomic E-state index is -0.197. The summed E-state index contributed by atoms with van der Waals surface area (Å²) < 4.78 is 4.70. The maximum Gasteiger partial charge on any atom is 0.322 e. The summed E-state index contributed by atoms with van der Waals surface area (Å²) in [6.45, 7) is 4.77. The molecule has 0 aliphatic rings. The molecule has 0 fully saturated rings. The minimum absolute atomic E-state index is 0.189. The monoisotopic (exact) mass is 227 g/mol. The summed E-state index contributed by atoms with van der Waals surface area (Å²) in [6.07, 6.45) is 0.747. The lowest BCUT2D eigenvalue weighted by atomic mass is 10.2. The number of aryl methyl sites for hydroxylation is 1. The fourth-order valence-corrected chi connectivity index (χ4v) is 2.18. The van der Waals surface area contributed by atoms with Crippen molar-refractivity contribution in [2.24, 2.45) is 0 Å². The van der Waals surface area contributed by atoms with Crippen molar-refractivity contribution in [1.82, 2.24) is 5.32 Å². The van der Waals surface area contributed by atoms with E-state index in [1.54, 1.807) is 11.3 Å². The van der Waals surface area contributed by atoms with Gasteiger partial charge in [0.1, 0.15) is 6.04 Å². The molecule has 0 amide bonds. The maximum absolute atomic E-state index is 11.3. The van der Waals surface area contributed by atoms with Crippen LogP contribution in [0.15, 0.2) is 12.1 Å². The van der Waals surface area contributed by atoms with Crippen molar-refractivity contribution in [2.45, 2.75) is 32.9 Å². The molecule has 84 valence electrons. The van der Waals surface area contributed by atoms with Crippen LogP contribution in [-0.2, 0) is 16.1 Å². The standard InChI is InChI=1S/C11H17NO2S/c1-4-10(11(13)14-3)12-7-9-6-5-8(2)15-9/h5-6,10,12H,4,7H2,1-3H3/t10-/m1/s1. The molecule has 0 aliphatic carbocycles. The second kappa shape index (κ2) is 5.88. The number of ether oxygens (including phenoxy) is 1. The summed E-state index contributed by atoms with van der Waals surface area (Å²) in [4.78, 5) is 13.8. The van der Waals surface area contributed by atoms with E-state index in [1.807, 2.05) is 6.92 Å². The molecule has 15 heavy (non-hydrogen) atoms. The van der Waals surface area contributed by atoms with Crippen LogP contribution in [0.5, 0.6) is 0 Å². The van der Waals surface area contributed by atoms with E-state index in [2.05, 4.69) is 24.4 Å². The van der Waals surface area contributed by atoms with Crippen LogP contribution >= 0.6 is 11.3 Å². The molecule has 4 heteroatoms. The van der Waals surface area contributed by atoms with E-state index in [9.17, 15) is 4.79 Å². The number of esters is 1. The fourth-order valence-electron chi connectivity index (χ4n) is 1.34. The highest BCUT2D eigenvalue weighted by Crippen LogP contribution is 2.14. The smallest absolute Gasteiger partial charge is 0.322 e. The van der Waals surface area contributed by atoms with Gasteiger partial charge < -0.3 is 4.74 Å². The number of hydrogen-bond donors (Lipinski definition) is 1. The van der Waals surface area contributed by atoms with Crippen LogP contribution in [0.1, 0.15) is 23.1 Å². The highest BCUT2D eigenvalue weighted by atomic mass is 32.1. The highest BCUT2D eigenvalue weighted by molar-refractivity contribution is 7.11. The fraction of sp³-hybridized carbons (Fsp3) is 0.545. The predicted molar refractivity (Wildman–Crippen MR) is 62.0 cm³/mol. The Morgan fingerprint density at radius 1 is 1.60 bits per heavy atom. The largest absolute Gasteiger partial charge is 0.468 e. The van der Waals surface area contributed by atoms with E-state index < -0.39 is 0 Å². The van der Waals surface area contributed by atoms with Crippen LogP contribution in [-0.4, -0.2) is 19.1 Å². The SMILES string of the molecule is CC[C@@H](NCc1ccc(C)s1)C(=O)OC. The van der Waals surface area contributed by atoms with Gasteiger partial charge >= 0.3 is 5.97 Å². The number of hydrogen-bond acceptors (Lipinski definition) is 4. The third kappa shape index (κ3) is 3.64. The van der Waals surface area contributed by atoms with Gasteiger partial charge in [-0.05, 0) is 25.5 Å². The Labute approximate surface area is 94.5 Å². The van der Waals surface area contributed by atoms with Gasteiger partial charge in [-0.1, -0.05) is 6.92 Å². The van der Waals surface area contributed by atoms with Crippen molar-refractivity contribution in [3.63, 3.8) is 0 Å². The summed E-state index contributed by atoms with van der Waals surface area (Å²) in [6, 6.07) is 3.97. The van der Waals surface area contributed by atoms with E-state index in [0.717, 1.165) is 13.0 Å². The van der Waals surface area contributed by atoms with Gasteiger partial charge in [0.15, 0.2) is 0 Å². The van der Waals surface area contributed by atoms with Crippen LogP contribution in [0.25, 0.3) is 0 Å². The molecule has 0 aliphatic heterocycles. The van der Waals surface area contributed by atoms with E-state index in [-0.39, 0.29) is 12.0 Å². The predicted octanol–water partition coefficient (Wildman–Crippen LogP) is 2.10. The molecule has 1 heterocycles. The van der Waals surface area contributed by atoms with Crippen molar-refractivity contribution in [1.29, 1.82) is 0 Å². The van der Waals surface area contributed by atoms with Crippen molar-refractivity contribution < 1.29 is 9.53 Å². The molecule has 0 saturated heterocycles. The molecule has 0 spiro atoms. The lowest BCUT2D eigenvalue weighted by molar-refractivity contribution is -0.143. The zero-order chi connectivity index (χ0) is 11.3. The molecule has 1 atom stereocenters. The van der Waals surface area contributed by atoms with E-state index in [1.165, 1.54) is 16.9 Å². The Morgan fingerprint density at radius 3 is 2.80 bits per heavy atom. The number of thiophene rings is 1. The normalized spacial score (nSPS) is 12.5.